The third-order valence-corrected chi connectivity index (χ3v) is 4.56. The van der Waals surface area contributed by atoms with E-state index in [-0.39, 0.29) is 11.4 Å². The van der Waals surface area contributed by atoms with Crippen LogP contribution in [0, 0.1) is 16.0 Å². The minimum atomic E-state index is -1.12. The summed E-state index contributed by atoms with van der Waals surface area (Å²) in [6, 6.07) is 4.59. The Kier molecular flexibility index (Phi) is 4.51. The Morgan fingerprint density at radius 2 is 2.10 bits per heavy atom. The molecule has 0 amide bonds. The topological polar surface area (TPSA) is 92.5 Å². The molecule has 1 aromatic rings. The molecule has 0 spiro atoms. The highest BCUT2D eigenvalue weighted by Gasteiger charge is 2.42. The molecule has 0 heterocycles. The van der Waals surface area contributed by atoms with E-state index in [2.05, 4.69) is 28.2 Å². The van der Waals surface area contributed by atoms with Gasteiger partial charge in [-0.25, -0.2) is 4.79 Å². The molecule has 0 aromatic heterocycles. The van der Waals surface area contributed by atoms with Crippen molar-refractivity contribution in [3.05, 3.63) is 32.8 Å². The lowest BCUT2D eigenvalue weighted by Crippen LogP contribution is -2.49. The fourth-order valence-electron chi connectivity index (χ4n) is 2.67. The van der Waals surface area contributed by atoms with E-state index in [1.54, 1.807) is 12.1 Å². The van der Waals surface area contributed by atoms with Gasteiger partial charge in [-0.1, -0.05) is 22.9 Å². The minimum absolute atomic E-state index is 0.122. The number of hydrogen-bond acceptors (Lipinski definition) is 4. The van der Waals surface area contributed by atoms with Gasteiger partial charge in [0.05, 0.1) is 4.92 Å². The molecule has 7 heteroatoms. The number of nitrogens with one attached hydrogen (secondary N) is 1. The van der Waals surface area contributed by atoms with Crippen molar-refractivity contribution in [2.24, 2.45) is 5.92 Å². The zero-order chi connectivity index (χ0) is 15.6. The number of nitro benzene ring substituents is 1. The highest BCUT2D eigenvalue weighted by molar-refractivity contribution is 9.10. The van der Waals surface area contributed by atoms with E-state index in [4.69, 9.17) is 0 Å². The van der Waals surface area contributed by atoms with Gasteiger partial charge in [0.2, 0.25) is 0 Å². The molecule has 21 heavy (non-hydrogen) atoms. The number of nitrogens with zero attached hydrogens (tertiary/aromatic N) is 1. The molecule has 1 aromatic carbocycles. The van der Waals surface area contributed by atoms with Crippen LogP contribution in [0.3, 0.4) is 0 Å². The van der Waals surface area contributed by atoms with Crippen LogP contribution in [0.1, 0.15) is 32.6 Å². The van der Waals surface area contributed by atoms with Crippen molar-refractivity contribution in [1.29, 1.82) is 0 Å². The largest absolute Gasteiger partial charge is 0.480 e. The molecule has 6 nitrogen and oxygen atoms in total. The molecule has 0 radical (unpaired) electrons. The maximum atomic E-state index is 11.7. The lowest BCUT2D eigenvalue weighted by molar-refractivity contribution is -0.384. The number of carboxylic acids is 1. The fraction of sp³-hybridized carbons (Fsp3) is 0.500. The van der Waals surface area contributed by atoms with Crippen molar-refractivity contribution < 1.29 is 14.8 Å². The second kappa shape index (κ2) is 6.01. The predicted octanol–water partition coefficient (Wildman–Crippen LogP) is 3.80. The number of hydrogen-bond donors (Lipinski definition) is 2. The van der Waals surface area contributed by atoms with Crippen molar-refractivity contribution >= 4 is 33.3 Å². The number of benzene rings is 1. The van der Waals surface area contributed by atoms with Crippen LogP contribution in [0.4, 0.5) is 11.4 Å². The first-order valence-electron chi connectivity index (χ1n) is 6.79. The summed E-state index contributed by atoms with van der Waals surface area (Å²) in [5, 5.41) is 23.6. The van der Waals surface area contributed by atoms with Crippen molar-refractivity contribution in [1.82, 2.24) is 0 Å². The zero-order valence-electron chi connectivity index (χ0n) is 11.6. The molecular weight excluding hydrogens is 340 g/mol. The molecule has 0 bridgehead atoms. The van der Waals surface area contributed by atoms with Crippen molar-refractivity contribution in [3.63, 3.8) is 0 Å². The predicted molar refractivity (Wildman–Crippen MR) is 82.4 cm³/mol. The standard InChI is InChI=1S/C14H17BrN2O4/c1-9-4-6-14(7-5-9,13(18)19)16-11-3-2-10(15)8-12(11)17(20)21/h2-3,8-9,16H,4-7H2,1H3,(H,18,19). The minimum Gasteiger partial charge on any atom is -0.480 e. The van der Waals surface area contributed by atoms with E-state index in [9.17, 15) is 20.0 Å². The molecule has 0 unspecified atom stereocenters. The highest BCUT2D eigenvalue weighted by Crippen LogP contribution is 2.38. The average molecular weight is 357 g/mol. The molecule has 1 aliphatic rings. The number of carbonyl (C=O) groups is 1. The SMILES string of the molecule is CC1CCC(Nc2ccc(Br)cc2[N+](=O)[O-])(C(=O)O)CC1. The van der Waals surface area contributed by atoms with E-state index >= 15 is 0 Å². The van der Waals surface area contributed by atoms with Gasteiger partial charge >= 0.3 is 5.97 Å². The Balaban J connectivity index is 2.34. The smallest absolute Gasteiger partial charge is 0.329 e. The van der Waals surface area contributed by atoms with Crippen LogP contribution < -0.4 is 5.32 Å². The summed E-state index contributed by atoms with van der Waals surface area (Å²) in [4.78, 5) is 22.3. The Bertz CT molecular complexity index is 568. The summed E-state index contributed by atoms with van der Waals surface area (Å²) in [6.45, 7) is 2.09. The summed E-state index contributed by atoms with van der Waals surface area (Å²) in [5.74, 6) is -0.467. The van der Waals surface area contributed by atoms with E-state index < -0.39 is 16.4 Å². The van der Waals surface area contributed by atoms with Crippen molar-refractivity contribution in [2.75, 3.05) is 5.32 Å². The number of nitro groups is 1. The molecule has 0 atom stereocenters. The number of carboxylic acid groups (broad SMARTS) is 1. The normalized spacial score (nSPS) is 25.3. The van der Waals surface area contributed by atoms with Gasteiger partial charge in [0.1, 0.15) is 11.2 Å². The Labute approximate surface area is 130 Å². The lowest BCUT2D eigenvalue weighted by Gasteiger charge is -2.37. The third kappa shape index (κ3) is 3.34. The molecule has 2 N–H and O–H groups in total. The van der Waals surface area contributed by atoms with Crippen LogP contribution in [-0.2, 0) is 4.79 Å². The summed E-state index contributed by atoms with van der Waals surface area (Å²) in [6.07, 6.45) is 2.53. The Morgan fingerprint density at radius 1 is 1.48 bits per heavy atom. The first kappa shape index (κ1) is 15.8. The quantitative estimate of drug-likeness (QED) is 0.632. The van der Waals surface area contributed by atoms with Gasteiger partial charge in [-0.15, -0.1) is 0 Å². The van der Waals surface area contributed by atoms with E-state index in [1.807, 2.05) is 0 Å². The maximum absolute atomic E-state index is 11.7. The third-order valence-electron chi connectivity index (χ3n) is 4.07. The van der Waals surface area contributed by atoms with Crippen molar-refractivity contribution in [3.8, 4) is 0 Å². The summed E-state index contributed by atoms with van der Waals surface area (Å²) in [5.41, 5.74) is -0.991. The molecular formula is C14H17BrN2O4. The second-order valence-corrected chi connectivity index (χ2v) is 6.53. The van der Waals surface area contributed by atoms with Gasteiger partial charge < -0.3 is 10.4 Å². The Hall–Kier alpha value is -1.63. The fourth-order valence-corrected chi connectivity index (χ4v) is 3.02. The Morgan fingerprint density at radius 3 is 2.62 bits per heavy atom. The second-order valence-electron chi connectivity index (χ2n) is 5.61. The van der Waals surface area contributed by atoms with E-state index in [1.165, 1.54) is 6.07 Å². The van der Waals surface area contributed by atoms with Crippen LogP contribution in [-0.4, -0.2) is 21.5 Å². The van der Waals surface area contributed by atoms with Crippen LogP contribution >= 0.6 is 15.9 Å². The average Bonchev–Trinajstić information content (AvgIpc) is 2.43. The summed E-state index contributed by atoms with van der Waals surface area (Å²) in [7, 11) is 0. The van der Waals surface area contributed by atoms with Gasteiger partial charge in [0.15, 0.2) is 0 Å². The number of rotatable bonds is 4. The van der Waals surface area contributed by atoms with Crippen LogP contribution in [0.25, 0.3) is 0 Å². The highest BCUT2D eigenvalue weighted by atomic mass is 79.9. The van der Waals surface area contributed by atoms with Gasteiger partial charge in [-0.3, -0.25) is 10.1 Å². The number of aliphatic carboxylic acids is 1. The number of halogens is 1. The van der Waals surface area contributed by atoms with E-state index in [0.29, 0.717) is 23.2 Å². The molecule has 2 rings (SSSR count). The van der Waals surface area contributed by atoms with Crippen LogP contribution in [0.5, 0.6) is 0 Å². The summed E-state index contributed by atoms with van der Waals surface area (Å²) >= 11 is 3.19. The molecule has 1 fully saturated rings. The zero-order valence-corrected chi connectivity index (χ0v) is 13.2. The molecule has 114 valence electrons. The molecule has 0 saturated heterocycles. The van der Waals surface area contributed by atoms with Gasteiger partial charge in [-0.2, -0.15) is 0 Å². The van der Waals surface area contributed by atoms with Gasteiger partial charge in [0, 0.05) is 10.5 Å². The molecule has 1 aliphatic carbocycles. The van der Waals surface area contributed by atoms with E-state index in [0.717, 1.165) is 12.8 Å². The van der Waals surface area contributed by atoms with Gasteiger partial charge in [0.25, 0.3) is 5.69 Å². The van der Waals surface area contributed by atoms with Crippen molar-refractivity contribution in [2.45, 2.75) is 38.1 Å². The van der Waals surface area contributed by atoms with Gasteiger partial charge in [-0.05, 0) is 43.7 Å². The lowest BCUT2D eigenvalue weighted by atomic mass is 9.77. The number of anilines is 1. The maximum Gasteiger partial charge on any atom is 0.329 e. The van der Waals surface area contributed by atoms with Crippen LogP contribution in [0.2, 0.25) is 0 Å². The monoisotopic (exact) mass is 356 g/mol. The first-order valence-corrected chi connectivity index (χ1v) is 7.59. The summed E-state index contributed by atoms with van der Waals surface area (Å²) < 4.78 is 0.585. The molecule has 1 saturated carbocycles. The molecule has 0 aliphatic heterocycles. The first-order chi connectivity index (χ1) is 9.84. The van der Waals surface area contributed by atoms with Crippen LogP contribution in [0.15, 0.2) is 22.7 Å².